The Morgan fingerprint density at radius 2 is 1.75 bits per heavy atom. The van der Waals surface area contributed by atoms with Gasteiger partial charge in [-0.3, -0.25) is 9.47 Å². The molecule has 4 rings (SSSR count). The van der Waals surface area contributed by atoms with Crippen molar-refractivity contribution in [3.63, 3.8) is 0 Å². The molecule has 0 bridgehead atoms. The molecule has 0 atom stereocenters. The van der Waals surface area contributed by atoms with Gasteiger partial charge in [0.25, 0.3) is 0 Å². The Balaban J connectivity index is 1.38. The number of piperazine rings is 1. The van der Waals surface area contributed by atoms with E-state index in [1.54, 1.807) is 0 Å². The second kappa shape index (κ2) is 6.61. The SMILES string of the molecule is Cn1c(N2CCN(CCc3ccccc3)CC2)nc2cccnc21. The third-order valence-corrected chi connectivity index (χ3v) is 4.82. The minimum absolute atomic E-state index is 0.957. The lowest BCUT2D eigenvalue weighted by Gasteiger charge is -2.35. The fraction of sp³-hybridized carbons (Fsp3) is 0.368. The van der Waals surface area contributed by atoms with E-state index >= 15 is 0 Å². The fourth-order valence-corrected chi connectivity index (χ4v) is 3.40. The van der Waals surface area contributed by atoms with Crippen molar-refractivity contribution in [2.24, 2.45) is 7.05 Å². The summed E-state index contributed by atoms with van der Waals surface area (Å²) in [5.41, 5.74) is 3.35. The molecule has 0 N–H and O–H groups in total. The van der Waals surface area contributed by atoms with E-state index in [0.29, 0.717) is 0 Å². The lowest BCUT2D eigenvalue weighted by atomic mass is 10.1. The van der Waals surface area contributed by atoms with E-state index in [1.807, 2.05) is 18.3 Å². The Kier molecular flexibility index (Phi) is 4.17. The summed E-state index contributed by atoms with van der Waals surface area (Å²) in [4.78, 5) is 14.1. The van der Waals surface area contributed by atoms with E-state index in [0.717, 1.165) is 56.3 Å². The Labute approximate surface area is 142 Å². The molecular weight excluding hydrogens is 298 g/mol. The molecule has 0 spiro atoms. The molecule has 1 aliphatic heterocycles. The van der Waals surface area contributed by atoms with Gasteiger partial charge in [-0.1, -0.05) is 30.3 Å². The smallest absolute Gasteiger partial charge is 0.207 e. The molecule has 2 aromatic heterocycles. The van der Waals surface area contributed by atoms with Crippen LogP contribution in [-0.2, 0) is 13.5 Å². The summed E-state index contributed by atoms with van der Waals surface area (Å²) >= 11 is 0. The predicted molar refractivity (Wildman–Crippen MR) is 97.3 cm³/mol. The summed E-state index contributed by atoms with van der Waals surface area (Å²) in [5.74, 6) is 1.03. The van der Waals surface area contributed by atoms with Gasteiger partial charge in [0.2, 0.25) is 5.95 Å². The second-order valence-corrected chi connectivity index (χ2v) is 6.38. The first kappa shape index (κ1) is 15.1. The molecule has 5 nitrogen and oxygen atoms in total. The van der Waals surface area contributed by atoms with Gasteiger partial charge in [-0.05, 0) is 24.1 Å². The average molecular weight is 321 g/mol. The Bertz CT molecular complexity index is 803. The average Bonchev–Trinajstić information content (AvgIpc) is 2.98. The first-order valence-electron chi connectivity index (χ1n) is 8.60. The minimum atomic E-state index is 0.957. The molecule has 3 aromatic rings. The molecule has 3 heterocycles. The summed E-state index contributed by atoms with van der Waals surface area (Å²) in [6.07, 6.45) is 2.95. The van der Waals surface area contributed by atoms with Gasteiger partial charge in [-0.15, -0.1) is 0 Å². The Hall–Kier alpha value is -2.40. The molecule has 24 heavy (non-hydrogen) atoms. The quantitative estimate of drug-likeness (QED) is 0.739. The van der Waals surface area contributed by atoms with Gasteiger partial charge in [-0.2, -0.15) is 0 Å². The maximum Gasteiger partial charge on any atom is 0.207 e. The monoisotopic (exact) mass is 321 g/mol. The van der Waals surface area contributed by atoms with Crippen molar-refractivity contribution in [2.75, 3.05) is 37.6 Å². The highest BCUT2D eigenvalue weighted by atomic mass is 15.4. The third kappa shape index (κ3) is 2.99. The summed E-state index contributed by atoms with van der Waals surface area (Å²) in [7, 11) is 2.06. The van der Waals surface area contributed by atoms with Crippen LogP contribution in [0.3, 0.4) is 0 Å². The van der Waals surface area contributed by atoms with Crippen LogP contribution >= 0.6 is 0 Å². The van der Waals surface area contributed by atoms with Crippen molar-refractivity contribution in [3.8, 4) is 0 Å². The van der Waals surface area contributed by atoms with E-state index in [4.69, 9.17) is 4.98 Å². The highest BCUT2D eigenvalue weighted by Gasteiger charge is 2.21. The minimum Gasteiger partial charge on any atom is -0.340 e. The van der Waals surface area contributed by atoms with E-state index in [9.17, 15) is 0 Å². The molecular formula is C19H23N5. The second-order valence-electron chi connectivity index (χ2n) is 6.38. The number of benzene rings is 1. The first-order chi connectivity index (χ1) is 11.8. The zero-order chi connectivity index (χ0) is 16.4. The van der Waals surface area contributed by atoms with E-state index in [1.165, 1.54) is 5.56 Å². The van der Waals surface area contributed by atoms with E-state index < -0.39 is 0 Å². The maximum atomic E-state index is 4.76. The van der Waals surface area contributed by atoms with Crippen molar-refractivity contribution in [3.05, 3.63) is 54.2 Å². The largest absolute Gasteiger partial charge is 0.340 e. The van der Waals surface area contributed by atoms with Crippen molar-refractivity contribution >= 4 is 17.1 Å². The number of hydrogen-bond acceptors (Lipinski definition) is 4. The van der Waals surface area contributed by atoms with Crippen LogP contribution in [0.4, 0.5) is 5.95 Å². The lowest BCUT2D eigenvalue weighted by Crippen LogP contribution is -2.47. The number of aryl methyl sites for hydroxylation is 1. The number of rotatable bonds is 4. The van der Waals surface area contributed by atoms with Crippen LogP contribution in [-0.4, -0.2) is 52.2 Å². The zero-order valence-electron chi connectivity index (χ0n) is 14.1. The standard InChI is InChI=1S/C19H23N5/c1-22-18-17(8-5-10-20-18)21-19(22)24-14-12-23(13-15-24)11-9-16-6-3-2-4-7-16/h2-8,10H,9,11-15H2,1H3. The van der Waals surface area contributed by atoms with Crippen LogP contribution in [0.1, 0.15) is 5.56 Å². The molecule has 1 aromatic carbocycles. The molecule has 0 aliphatic carbocycles. The van der Waals surface area contributed by atoms with Gasteiger partial charge in [0.1, 0.15) is 5.52 Å². The number of aromatic nitrogens is 3. The van der Waals surface area contributed by atoms with Crippen LogP contribution in [0.5, 0.6) is 0 Å². The van der Waals surface area contributed by atoms with Crippen LogP contribution < -0.4 is 4.90 Å². The maximum absolute atomic E-state index is 4.76. The molecule has 124 valence electrons. The van der Waals surface area contributed by atoms with Crippen LogP contribution in [0.2, 0.25) is 0 Å². The summed E-state index contributed by atoms with van der Waals surface area (Å²) < 4.78 is 2.11. The van der Waals surface area contributed by atoms with Gasteiger partial charge in [0, 0.05) is 46.0 Å². The summed E-state index contributed by atoms with van der Waals surface area (Å²) in [6, 6.07) is 14.7. The van der Waals surface area contributed by atoms with Crippen molar-refractivity contribution in [1.29, 1.82) is 0 Å². The van der Waals surface area contributed by atoms with E-state index in [2.05, 4.69) is 56.7 Å². The van der Waals surface area contributed by atoms with Crippen LogP contribution in [0.25, 0.3) is 11.2 Å². The number of imidazole rings is 1. The van der Waals surface area contributed by atoms with Gasteiger partial charge < -0.3 is 4.90 Å². The Morgan fingerprint density at radius 1 is 0.958 bits per heavy atom. The molecule has 1 saturated heterocycles. The van der Waals surface area contributed by atoms with Gasteiger partial charge in [-0.25, -0.2) is 9.97 Å². The molecule has 1 fully saturated rings. The molecule has 1 aliphatic rings. The van der Waals surface area contributed by atoms with Crippen LogP contribution in [0.15, 0.2) is 48.7 Å². The van der Waals surface area contributed by atoms with E-state index in [-0.39, 0.29) is 0 Å². The van der Waals surface area contributed by atoms with Crippen molar-refractivity contribution in [2.45, 2.75) is 6.42 Å². The number of hydrogen-bond donors (Lipinski definition) is 0. The molecule has 0 radical (unpaired) electrons. The summed E-state index contributed by atoms with van der Waals surface area (Å²) in [5, 5.41) is 0. The normalized spacial score (nSPS) is 16.0. The first-order valence-corrected chi connectivity index (χ1v) is 8.60. The molecule has 0 saturated carbocycles. The van der Waals surface area contributed by atoms with Gasteiger partial charge in [0.05, 0.1) is 0 Å². The number of pyridine rings is 1. The highest BCUT2D eigenvalue weighted by molar-refractivity contribution is 5.74. The van der Waals surface area contributed by atoms with Crippen molar-refractivity contribution in [1.82, 2.24) is 19.4 Å². The lowest BCUT2D eigenvalue weighted by molar-refractivity contribution is 0.259. The van der Waals surface area contributed by atoms with Gasteiger partial charge >= 0.3 is 0 Å². The van der Waals surface area contributed by atoms with Crippen molar-refractivity contribution < 1.29 is 0 Å². The summed E-state index contributed by atoms with van der Waals surface area (Å²) in [6.45, 7) is 5.34. The molecule has 0 amide bonds. The number of anilines is 1. The van der Waals surface area contributed by atoms with Crippen LogP contribution in [0, 0.1) is 0 Å². The predicted octanol–water partition coefficient (Wildman–Crippen LogP) is 2.33. The topological polar surface area (TPSA) is 37.2 Å². The highest BCUT2D eigenvalue weighted by Crippen LogP contribution is 2.20. The van der Waals surface area contributed by atoms with Gasteiger partial charge in [0.15, 0.2) is 5.65 Å². The number of fused-ring (bicyclic) bond motifs is 1. The zero-order valence-corrected chi connectivity index (χ0v) is 14.1. The number of nitrogens with zero attached hydrogens (tertiary/aromatic N) is 5. The Morgan fingerprint density at radius 3 is 2.50 bits per heavy atom. The molecule has 5 heteroatoms. The molecule has 0 unspecified atom stereocenters. The third-order valence-electron chi connectivity index (χ3n) is 4.82. The fourth-order valence-electron chi connectivity index (χ4n) is 3.40.